The number of hydrogen-bond acceptors (Lipinski definition) is 14. The van der Waals surface area contributed by atoms with Gasteiger partial charge in [0, 0.05) is 75.9 Å². The summed E-state index contributed by atoms with van der Waals surface area (Å²) in [5.41, 5.74) is -4.03. The van der Waals surface area contributed by atoms with Crippen molar-refractivity contribution >= 4 is 35.3 Å². The molecular formula is C70H116O14. The number of aliphatic hydroxyl groups is 5. The van der Waals surface area contributed by atoms with Gasteiger partial charge in [-0.1, -0.05) is 131 Å². The summed E-state index contributed by atoms with van der Waals surface area (Å²) in [6, 6.07) is 0. The van der Waals surface area contributed by atoms with Crippen LogP contribution < -0.4 is 0 Å². The van der Waals surface area contributed by atoms with Crippen molar-refractivity contribution < 1.29 is 68.5 Å². The number of ether oxygens (including phenoxy) is 3. The van der Waals surface area contributed by atoms with Crippen LogP contribution in [0.15, 0.2) is 38.0 Å². The van der Waals surface area contributed by atoms with Gasteiger partial charge in [-0.25, -0.2) is 9.59 Å². The highest BCUT2D eigenvalue weighted by Crippen LogP contribution is 2.71. The van der Waals surface area contributed by atoms with Crippen molar-refractivity contribution in [2.45, 2.75) is 252 Å². The number of aliphatic hydroxyl groups excluding tert-OH is 5. The van der Waals surface area contributed by atoms with Crippen LogP contribution in [0, 0.1) is 102 Å². The lowest BCUT2D eigenvalue weighted by Gasteiger charge is -2.61. The summed E-state index contributed by atoms with van der Waals surface area (Å²) < 4.78 is 17.6. The molecule has 6 bridgehead atoms. The van der Waals surface area contributed by atoms with Crippen LogP contribution in [0.5, 0.6) is 0 Å². The summed E-state index contributed by atoms with van der Waals surface area (Å²) in [5, 5.41) is 52.6. The third kappa shape index (κ3) is 11.0. The van der Waals surface area contributed by atoms with Gasteiger partial charge in [0.05, 0.1) is 18.3 Å². The van der Waals surface area contributed by atoms with Crippen molar-refractivity contribution in [3.63, 3.8) is 0 Å². The highest BCUT2D eigenvalue weighted by Gasteiger charge is 2.71. The molecule has 0 saturated heterocycles. The molecule has 3 unspecified atom stereocenters. The lowest BCUT2D eigenvalue weighted by molar-refractivity contribution is -0.207. The molecule has 480 valence electrons. The van der Waals surface area contributed by atoms with E-state index < -0.39 is 94.3 Å². The fraction of sp³-hybridized carbons (Fsp3) is 0.829. The van der Waals surface area contributed by atoms with Gasteiger partial charge in [0.2, 0.25) is 0 Å². The Labute approximate surface area is 506 Å². The van der Waals surface area contributed by atoms with Crippen molar-refractivity contribution in [2.75, 3.05) is 13.2 Å². The van der Waals surface area contributed by atoms with Gasteiger partial charge in [-0.15, -0.1) is 19.7 Å². The SMILES string of the molecule is C.C.C.C=C[C@@]1(C)C[C@@H](OC(=O)CC)[C@@]2(C)C3C(=O)CC[C@@]3(CC[C@H]2C)[C@@H](C)[C@@H]1O.C=C[C@@]1(C)C[C@@H](OC(=O)CO)[C@@]2(C)C3C(=O)CC[C@@]3(CC[C@H]2C)[C@@H](C)[C@@H]1O.C=C[C@]1(C)C[C@@H](OC(=O)CO)[C@@]2(C)C3C(=O)CC[C@@]3(CC[C@H]2C)[C@@H](C)[C@@H]1O. The van der Waals surface area contributed by atoms with Crippen LogP contribution in [0.1, 0.15) is 215 Å². The summed E-state index contributed by atoms with van der Waals surface area (Å²) in [7, 11) is 0. The molecule has 5 N–H and O–H groups in total. The van der Waals surface area contributed by atoms with Crippen molar-refractivity contribution in [1.29, 1.82) is 0 Å². The molecule has 0 aromatic rings. The molecule has 0 heterocycles. The Morgan fingerprint density at radius 3 is 0.917 bits per heavy atom. The van der Waals surface area contributed by atoms with Gasteiger partial charge in [0.15, 0.2) is 0 Å². The van der Waals surface area contributed by atoms with E-state index in [1.54, 1.807) is 19.1 Å². The smallest absolute Gasteiger partial charge is 0.332 e. The Hall–Kier alpha value is -3.56. The van der Waals surface area contributed by atoms with Gasteiger partial charge in [-0.3, -0.25) is 19.2 Å². The first-order chi connectivity index (χ1) is 37.7. The maximum Gasteiger partial charge on any atom is 0.332 e. The number of carbonyl (C=O) groups is 6. The summed E-state index contributed by atoms with van der Waals surface area (Å²) in [5.74, 6) is -0.841. The molecule has 9 fully saturated rings. The van der Waals surface area contributed by atoms with E-state index in [1.165, 1.54) is 0 Å². The van der Waals surface area contributed by atoms with Crippen LogP contribution in [0.3, 0.4) is 0 Å². The molecule has 14 nitrogen and oxygen atoms in total. The first kappa shape index (κ1) is 72.9. The fourth-order valence-electron chi connectivity index (χ4n) is 20.1. The molecule has 0 radical (unpaired) electrons. The van der Waals surface area contributed by atoms with E-state index in [-0.39, 0.29) is 109 Å². The first-order valence-electron chi connectivity index (χ1n) is 31.0. The lowest BCUT2D eigenvalue weighted by atomic mass is 9.44. The Morgan fingerprint density at radius 1 is 0.464 bits per heavy atom. The predicted octanol–water partition coefficient (Wildman–Crippen LogP) is 12.0. The van der Waals surface area contributed by atoms with Crippen molar-refractivity contribution in [2.24, 2.45) is 102 Å². The number of ketones is 3. The van der Waals surface area contributed by atoms with E-state index in [2.05, 4.69) is 82.1 Å². The van der Waals surface area contributed by atoms with Crippen LogP contribution in [-0.4, -0.2) is 111 Å². The normalized spacial score (nSPS) is 47.9. The highest BCUT2D eigenvalue weighted by molar-refractivity contribution is 5.87. The summed E-state index contributed by atoms with van der Waals surface area (Å²) >= 11 is 0. The Kier molecular flexibility index (Phi) is 22.5. The maximum absolute atomic E-state index is 13.2. The summed E-state index contributed by atoms with van der Waals surface area (Å²) in [4.78, 5) is 75.9. The molecule has 0 aromatic carbocycles. The molecule has 84 heavy (non-hydrogen) atoms. The second kappa shape index (κ2) is 25.9. The van der Waals surface area contributed by atoms with Gasteiger partial charge in [-0.2, -0.15) is 0 Å². The summed E-state index contributed by atoms with van der Waals surface area (Å²) in [6.45, 7) is 37.4. The average molecular weight is 1180 g/mol. The van der Waals surface area contributed by atoms with E-state index in [0.29, 0.717) is 50.7 Å². The zero-order chi connectivity index (χ0) is 60.6. The highest BCUT2D eigenvalue weighted by atomic mass is 16.6. The Balaban J connectivity index is 0.000000266. The molecule has 0 spiro atoms. The minimum atomic E-state index is -0.686. The monoisotopic (exact) mass is 1180 g/mol. The molecule has 9 saturated carbocycles. The van der Waals surface area contributed by atoms with Crippen LogP contribution in [0.25, 0.3) is 0 Å². The molecule has 9 aliphatic carbocycles. The standard InChI is InChI=1S/C23H36O4.2C22H34O5.3CH4/c1-7-18(25)27-17-13-21(5,8-2)20(26)15(4)23-11-9-14(3)22(17,6)19(23)16(24)10-12-23;2*1-6-20(4)11-16(27-17(25)12-23)21(5)13(2)7-9-22(14(3)19(20)26)10-8-15(24)18(21)22;;;/h8,14-15,17,19-20,26H,2,7,9-13H2,1,3-6H3;2*6,13-14,16,18-19,23,26H,1,7-12H2,2-5H3;3*1H4/t14-,15+,17-,19?,20+,21+,22+,23+;13-,14+,16-,18?,19+,20+,21+,22+;13-,14+,16-,18?,19+,20-,21+,22+;;;/m111.../s1. The van der Waals surface area contributed by atoms with Crippen molar-refractivity contribution in [3.8, 4) is 0 Å². The van der Waals surface area contributed by atoms with E-state index in [4.69, 9.17) is 14.2 Å². The number of hydrogen-bond donors (Lipinski definition) is 5. The predicted molar refractivity (Wildman–Crippen MR) is 329 cm³/mol. The van der Waals surface area contributed by atoms with E-state index in [9.17, 15) is 54.3 Å². The topological polar surface area (TPSA) is 231 Å². The molecule has 9 aliphatic rings. The zero-order valence-electron chi connectivity index (χ0n) is 51.7. The first-order valence-corrected chi connectivity index (χ1v) is 31.0. The Bertz CT molecular complexity index is 2190. The van der Waals surface area contributed by atoms with Crippen molar-refractivity contribution in [1.82, 2.24) is 0 Å². The second-order valence-electron chi connectivity index (χ2n) is 29.4. The number of esters is 3. The largest absolute Gasteiger partial charge is 0.462 e. The van der Waals surface area contributed by atoms with Crippen LogP contribution >= 0.6 is 0 Å². The van der Waals surface area contributed by atoms with Crippen LogP contribution in [0.4, 0.5) is 0 Å². The molecule has 14 heteroatoms. The van der Waals surface area contributed by atoms with Gasteiger partial charge in [0.25, 0.3) is 0 Å². The van der Waals surface area contributed by atoms with E-state index in [0.717, 1.165) is 57.8 Å². The number of Topliss-reactive ketones (excluding diaryl/α,β-unsaturated/α-hetero) is 3. The van der Waals surface area contributed by atoms with Crippen molar-refractivity contribution in [3.05, 3.63) is 38.0 Å². The fourth-order valence-corrected chi connectivity index (χ4v) is 20.1. The third-order valence-corrected chi connectivity index (χ3v) is 26.3. The number of carbonyl (C=O) groups excluding carboxylic acids is 6. The van der Waals surface area contributed by atoms with Crippen LogP contribution in [0.2, 0.25) is 0 Å². The molecule has 0 amide bonds. The minimum Gasteiger partial charge on any atom is -0.462 e. The zero-order valence-corrected chi connectivity index (χ0v) is 51.7. The van der Waals surface area contributed by atoms with Gasteiger partial charge in [-0.05, 0) is 129 Å². The number of rotatable bonds is 9. The van der Waals surface area contributed by atoms with E-state index >= 15 is 0 Å². The molecular weight excluding hydrogens is 1060 g/mol. The van der Waals surface area contributed by atoms with Gasteiger partial charge in [0.1, 0.15) is 48.9 Å². The lowest BCUT2D eigenvalue weighted by Crippen LogP contribution is -2.63. The molecule has 0 aliphatic heterocycles. The average Bonchev–Trinajstić information content (AvgIpc) is 1.53. The minimum absolute atomic E-state index is 0. The third-order valence-electron chi connectivity index (χ3n) is 26.3. The molecule has 0 aromatic heterocycles. The Morgan fingerprint density at radius 2 is 0.702 bits per heavy atom. The quantitative estimate of drug-likeness (QED) is 0.0821. The molecule has 24 atom stereocenters. The summed E-state index contributed by atoms with van der Waals surface area (Å²) in [6.07, 6.45) is 13.2. The maximum atomic E-state index is 13.2. The van der Waals surface area contributed by atoms with Crippen LogP contribution in [-0.2, 0) is 43.0 Å². The van der Waals surface area contributed by atoms with Gasteiger partial charge >= 0.3 is 17.9 Å². The van der Waals surface area contributed by atoms with E-state index in [1.807, 2.05) is 26.8 Å². The molecule has 9 rings (SSSR count). The van der Waals surface area contributed by atoms with Gasteiger partial charge < -0.3 is 39.7 Å². The second-order valence-corrected chi connectivity index (χ2v) is 29.4.